The Morgan fingerprint density at radius 2 is 1.68 bits per heavy atom. The number of hydrogen-bond acceptors (Lipinski definition) is 4. The summed E-state index contributed by atoms with van der Waals surface area (Å²) >= 11 is 0. The minimum Gasteiger partial charge on any atom is -0.447 e. The Morgan fingerprint density at radius 1 is 0.971 bits per heavy atom. The van der Waals surface area contributed by atoms with Crippen molar-refractivity contribution >= 4 is 17.6 Å². The summed E-state index contributed by atoms with van der Waals surface area (Å²) in [7, 11) is 0. The first-order chi connectivity index (χ1) is 16.5. The third-order valence-electron chi connectivity index (χ3n) is 5.52. The zero-order valence-corrected chi connectivity index (χ0v) is 19.3. The molecule has 0 unspecified atom stereocenters. The minimum absolute atomic E-state index is 0.139. The number of carbonyl (C=O) groups excluding carboxylic acids is 2. The third-order valence-corrected chi connectivity index (χ3v) is 5.52. The van der Waals surface area contributed by atoms with Gasteiger partial charge in [-0.05, 0) is 55.2 Å². The van der Waals surface area contributed by atoms with Gasteiger partial charge in [-0.2, -0.15) is 5.10 Å². The Bertz CT molecular complexity index is 1270. The van der Waals surface area contributed by atoms with E-state index in [1.165, 1.54) is 0 Å². The molecular formula is C28H27N3O3. The summed E-state index contributed by atoms with van der Waals surface area (Å²) < 4.78 is 7.44. The Labute approximate surface area is 199 Å². The van der Waals surface area contributed by atoms with Gasteiger partial charge in [0.2, 0.25) is 6.10 Å². The number of rotatable bonds is 8. The summed E-state index contributed by atoms with van der Waals surface area (Å²) in [4.78, 5) is 25.9. The van der Waals surface area contributed by atoms with Crippen molar-refractivity contribution in [2.24, 2.45) is 0 Å². The van der Waals surface area contributed by atoms with Gasteiger partial charge in [0.05, 0.1) is 11.9 Å². The summed E-state index contributed by atoms with van der Waals surface area (Å²) in [6.45, 7) is 3.89. The van der Waals surface area contributed by atoms with Gasteiger partial charge in [0.15, 0.2) is 0 Å². The number of para-hydroxylation sites is 1. The van der Waals surface area contributed by atoms with Crippen LogP contribution in [0.1, 0.15) is 34.8 Å². The Hall–Kier alpha value is -4.19. The maximum atomic E-state index is 13.1. The number of anilines is 1. The van der Waals surface area contributed by atoms with Crippen LogP contribution in [-0.4, -0.2) is 21.7 Å². The SMILES string of the molecule is Cc1ccc(C)c(NC(=O)[C@@H](OC(=O)CCc2cnn(-c3ccccc3)c2)c2ccccc2)c1. The molecule has 0 radical (unpaired) electrons. The summed E-state index contributed by atoms with van der Waals surface area (Å²) in [5.41, 5.74) is 5.16. The van der Waals surface area contributed by atoms with Crippen LogP contribution in [0.5, 0.6) is 0 Å². The van der Waals surface area contributed by atoms with Crippen molar-refractivity contribution < 1.29 is 14.3 Å². The average molecular weight is 454 g/mol. The molecule has 6 nitrogen and oxygen atoms in total. The predicted octanol–water partition coefficient (Wildman–Crippen LogP) is 5.34. The molecule has 1 amide bonds. The normalized spacial score (nSPS) is 11.6. The smallest absolute Gasteiger partial charge is 0.307 e. The van der Waals surface area contributed by atoms with Crippen LogP contribution in [0.2, 0.25) is 0 Å². The summed E-state index contributed by atoms with van der Waals surface area (Å²) in [6.07, 6.45) is 3.19. The first-order valence-electron chi connectivity index (χ1n) is 11.2. The molecular weight excluding hydrogens is 426 g/mol. The number of aromatic nitrogens is 2. The van der Waals surface area contributed by atoms with Gasteiger partial charge < -0.3 is 10.1 Å². The number of ether oxygens (including phenoxy) is 1. The number of benzene rings is 3. The van der Waals surface area contributed by atoms with E-state index in [4.69, 9.17) is 4.74 Å². The third kappa shape index (κ3) is 5.78. The van der Waals surface area contributed by atoms with E-state index in [2.05, 4.69) is 10.4 Å². The number of carbonyl (C=O) groups is 2. The van der Waals surface area contributed by atoms with Gasteiger partial charge in [-0.1, -0.05) is 60.7 Å². The molecule has 0 bridgehead atoms. The first kappa shape index (κ1) is 23.0. The maximum Gasteiger partial charge on any atom is 0.307 e. The van der Waals surface area contributed by atoms with Gasteiger partial charge in [0, 0.05) is 23.9 Å². The molecule has 1 atom stereocenters. The predicted molar refractivity (Wildman–Crippen MR) is 132 cm³/mol. The highest BCUT2D eigenvalue weighted by atomic mass is 16.5. The zero-order valence-electron chi connectivity index (χ0n) is 19.3. The summed E-state index contributed by atoms with van der Waals surface area (Å²) in [5.74, 6) is -0.831. The lowest BCUT2D eigenvalue weighted by atomic mass is 10.1. The topological polar surface area (TPSA) is 73.2 Å². The lowest BCUT2D eigenvalue weighted by Crippen LogP contribution is -2.26. The number of aryl methyl sites for hydroxylation is 3. The largest absolute Gasteiger partial charge is 0.447 e. The lowest BCUT2D eigenvalue weighted by molar-refractivity contribution is -0.154. The van der Waals surface area contributed by atoms with Crippen molar-refractivity contribution in [3.05, 3.63) is 114 Å². The number of esters is 1. The molecule has 0 fully saturated rings. The second kappa shape index (κ2) is 10.6. The molecule has 34 heavy (non-hydrogen) atoms. The van der Waals surface area contributed by atoms with E-state index in [9.17, 15) is 9.59 Å². The van der Waals surface area contributed by atoms with Crippen LogP contribution in [0, 0.1) is 13.8 Å². The van der Waals surface area contributed by atoms with E-state index in [0.29, 0.717) is 17.7 Å². The highest BCUT2D eigenvalue weighted by Gasteiger charge is 2.25. The summed E-state index contributed by atoms with van der Waals surface area (Å²) in [6, 6.07) is 24.7. The monoisotopic (exact) mass is 453 g/mol. The van der Waals surface area contributed by atoms with Crippen LogP contribution in [0.4, 0.5) is 5.69 Å². The number of hydrogen-bond donors (Lipinski definition) is 1. The fraction of sp³-hybridized carbons (Fsp3) is 0.179. The van der Waals surface area contributed by atoms with Crippen molar-refractivity contribution in [2.45, 2.75) is 32.8 Å². The molecule has 0 spiro atoms. The van der Waals surface area contributed by atoms with E-state index in [1.54, 1.807) is 23.0 Å². The maximum absolute atomic E-state index is 13.1. The van der Waals surface area contributed by atoms with Crippen LogP contribution in [0.3, 0.4) is 0 Å². The van der Waals surface area contributed by atoms with Gasteiger partial charge in [0.25, 0.3) is 5.91 Å². The number of nitrogens with one attached hydrogen (secondary N) is 1. The van der Waals surface area contributed by atoms with Gasteiger partial charge in [-0.3, -0.25) is 9.59 Å². The van der Waals surface area contributed by atoms with Crippen molar-refractivity contribution in [3.8, 4) is 5.69 Å². The molecule has 0 aliphatic heterocycles. The van der Waals surface area contributed by atoms with Gasteiger partial charge in [-0.15, -0.1) is 0 Å². The fourth-order valence-electron chi connectivity index (χ4n) is 3.62. The van der Waals surface area contributed by atoms with E-state index in [-0.39, 0.29) is 12.3 Å². The average Bonchev–Trinajstić information content (AvgIpc) is 3.34. The van der Waals surface area contributed by atoms with Gasteiger partial charge in [0.1, 0.15) is 0 Å². The molecule has 0 saturated heterocycles. The molecule has 3 aromatic carbocycles. The molecule has 6 heteroatoms. The highest BCUT2D eigenvalue weighted by molar-refractivity contribution is 5.96. The first-order valence-corrected chi connectivity index (χ1v) is 11.2. The van der Waals surface area contributed by atoms with Gasteiger partial charge >= 0.3 is 5.97 Å². The molecule has 4 rings (SSSR count). The number of nitrogens with zero attached hydrogens (tertiary/aromatic N) is 2. The standard InChI is InChI=1S/C28H27N3O3/c1-20-13-14-21(2)25(17-20)30-28(33)27(23-9-5-3-6-10-23)34-26(32)16-15-22-18-29-31(19-22)24-11-7-4-8-12-24/h3-14,17-19,27H,15-16H2,1-2H3,(H,30,33)/t27-/m0/s1. The van der Waals surface area contributed by atoms with Crippen molar-refractivity contribution in [1.29, 1.82) is 0 Å². The van der Waals surface area contributed by atoms with E-state index < -0.39 is 12.1 Å². The van der Waals surface area contributed by atoms with E-state index in [0.717, 1.165) is 22.4 Å². The molecule has 0 aliphatic rings. The highest BCUT2D eigenvalue weighted by Crippen LogP contribution is 2.23. The molecule has 4 aromatic rings. The molecule has 0 saturated carbocycles. The molecule has 1 aromatic heterocycles. The Balaban J connectivity index is 1.43. The zero-order chi connectivity index (χ0) is 23.9. The second-order valence-electron chi connectivity index (χ2n) is 8.22. The van der Waals surface area contributed by atoms with Crippen LogP contribution in [0.15, 0.2) is 91.3 Å². The Morgan fingerprint density at radius 3 is 2.41 bits per heavy atom. The van der Waals surface area contributed by atoms with E-state index >= 15 is 0 Å². The van der Waals surface area contributed by atoms with Crippen molar-refractivity contribution in [2.75, 3.05) is 5.32 Å². The lowest BCUT2D eigenvalue weighted by Gasteiger charge is -2.19. The van der Waals surface area contributed by atoms with Crippen LogP contribution < -0.4 is 5.32 Å². The Kier molecular flexibility index (Phi) is 7.18. The van der Waals surface area contributed by atoms with Crippen LogP contribution in [0.25, 0.3) is 5.69 Å². The quantitative estimate of drug-likeness (QED) is 0.365. The number of amides is 1. The summed E-state index contributed by atoms with van der Waals surface area (Å²) in [5, 5.41) is 7.28. The van der Waals surface area contributed by atoms with Crippen molar-refractivity contribution in [3.63, 3.8) is 0 Å². The van der Waals surface area contributed by atoms with Crippen LogP contribution >= 0.6 is 0 Å². The molecule has 172 valence electrons. The van der Waals surface area contributed by atoms with E-state index in [1.807, 2.05) is 86.8 Å². The fourth-order valence-corrected chi connectivity index (χ4v) is 3.62. The van der Waals surface area contributed by atoms with Crippen molar-refractivity contribution in [1.82, 2.24) is 9.78 Å². The van der Waals surface area contributed by atoms with Gasteiger partial charge in [-0.25, -0.2) is 4.68 Å². The minimum atomic E-state index is -1.04. The molecule has 0 aliphatic carbocycles. The molecule has 1 N–H and O–H groups in total. The second-order valence-corrected chi connectivity index (χ2v) is 8.22. The molecule has 1 heterocycles. The van der Waals surface area contributed by atoms with Crippen LogP contribution in [-0.2, 0) is 20.7 Å².